The largest absolute Gasteiger partial charge is 0.312 e. The Morgan fingerprint density at radius 1 is 1.45 bits per heavy atom. The molecule has 106 valence electrons. The number of rotatable bonds is 2. The fourth-order valence-electron chi connectivity index (χ4n) is 2.64. The fraction of sp³-hybridized carbons (Fsp3) is 0.429. The molecule has 6 heteroatoms. The van der Waals surface area contributed by atoms with Crippen LogP contribution >= 0.6 is 11.6 Å². The van der Waals surface area contributed by atoms with E-state index in [1.165, 1.54) is 16.7 Å². The Hall–Kier alpha value is -1.46. The third-order valence-electron chi connectivity index (χ3n) is 3.70. The number of para-hydroxylation sites is 1. The third kappa shape index (κ3) is 2.43. The summed E-state index contributed by atoms with van der Waals surface area (Å²) in [5.41, 5.74) is -0.248. The van der Waals surface area contributed by atoms with E-state index >= 15 is 0 Å². The van der Waals surface area contributed by atoms with E-state index in [0.29, 0.717) is 6.54 Å². The second kappa shape index (κ2) is 5.50. The number of piperidine rings is 1. The molecule has 3 rings (SSSR count). The molecule has 0 radical (unpaired) electrons. The molecule has 2 aromatic rings. The lowest BCUT2D eigenvalue weighted by molar-refractivity contribution is 0.359. The first-order valence-electron chi connectivity index (χ1n) is 6.75. The lowest BCUT2D eigenvalue weighted by atomic mass is 10.1. The summed E-state index contributed by atoms with van der Waals surface area (Å²) >= 11 is 6.06. The van der Waals surface area contributed by atoms with Gasteiger partial charge in [0.15, 0.2) is 0 Å². The smallest absolute Gasteiger partial charge is 0.262 e. The summed E-state index contributed by atoms with van der Waals surface area (Å²) in [6.07, 6.45) is 3.30. The maximum absolute atomic E-state index is 13.7. The van der Waals surface area contributed by atoms with E-state index in [9.17, 15) is 9.18 Å². The molecular weight excluding hydrogens is 281 g/mol. The van der Waals surface area contributed by atoms with Crippen molar-refractivity contribution in [2.75, 3.05) is 6.54 Å². The average molecular weight is 296 g/mol. The molecule has 1 aromatic carbocycles. The Labute approximate surface area is 120 Å². The maximum atomic E-state index is 13.7. The molecule has 0 aliphatic carbocycles. The van der Waals surface area contributed by atoms with E-state index in [0.717, 1.165) is 25.8 Å². The molecule has 1 fully saturated rings. The zero-order valence-electron chi connectivity index (χ0n) is 10.9. The van der Waals surface area contributed by atoms with Crippen LogP contribution in [0.25, 0.3) is 10.9 Å². The van der Waals surface area contributed by atoms with Crippen LogP contribution in [0.2, 0.25) is 5.28 Å². The van der Waals surface area contributed by atoms with Gasteiger partial charge in [0.2, 0.25) is 5.28 Å². The summed E-state index contributed by atoms with van der Waals surface area (Å²) < 4.78 is 15.1. The van der Waals surface area contributed by atoms with E-state index in [-0.39, 0.29) is 27.8 Å². The van der Waals surface area contributed by atoms with Gasteiger partial charge in [0.05, 0.1) is 5.39 Å². The summed E-state index contributed by atoms with van der Waals surface area (Å²) in [4.78, 5) is 16.4. The molecule has 20 heavy (non-hydrogen) atoms. The van der Waals surface area contributed by atoms with Gasteiger partial charge in [-0.05, 0) is 43.1 Å². The molecule has 1 N–H and O–H groups in total. The van der Waals surface area contributed by atoms with Crippen LogP contribution in [0.3, 0.4) is 0 Å². The van der Waals surface area contributed by atoms with Gasteiger partial charge < -0.3 is 5.32 Å². The first kappa shape index (κ1) is 13.5. The Morgan fingerprint density at radius 3 is 3.05 bits per heavy atom. The van der Waals surface area contributed by atoms with Crippen molar-refractivity contribution in [3.8, 4) is 0 Å². The van der Waals surface area contributed by atoms with Gasteiger partial charge in [-0.3, -0.25) is 9.36 Å². The Bertz CT molecular complexity index is 695. The molecule has 1 aliphatic heterocycles. The van der Waals surface area contributed by atoms with Gasteiger partial charge in [-0.1, -0.05) is 12.5 Å². The lowest BCUT2D eigenvalue weighted by Crippen LogP contribution is -2.40. The number of benzene rings is 1. The van der Waals surface area contributed by atoms with E-state index in [1.807, 2.05) is 0 Å². The summed E-state index contributed by atoms with van der Waals surface area (Å²) in [5, 5.41) is 3.67. The SMILES string of the molecule is O=c1c2cccc(F)c2nc(Cl)n1CC1CCCCN1. The summed E-state index contributed by atoms with van der Waals surface area (Å²) in [5.74, 6) is -0.524. The fourth-order valence-corrected chi connectivity index (χ4v) is 2.87. The number of nitrogens with zero attached hydrogens (tertiary/aromatic N) is 2. The number of nitrogens with one attached hydrogen (secondary N) is 1. The summed E-state index contributed by atoms with van der Waals surface area (Å²) in [6, 6.07) is 4.58. The van der Waals surface area contributed by atoms with Crippen molar-refractivity contribution >= 4 is 22.5 Å². The van der Waals surface area contributed by atoms with Crippen LogP contribution in [0.5, 0.6) is 0 Å². The Balaban J connectivity index is 2.04. The van der Waals surface area contributed by atoms with Gasteiger partial charge >= 0.3 is 0 Å². The maximum Gasteiger partial charge on any atom is 0.262 e. The average Bonchev–Trinajstić information content (AvgIpc) is 2.46. The standard InChI is InChI=1S/C14H15ClFN3O/c15-14-18-12-10(5-3-6-11(12)16)13(20)19(14)8-9-4-1-2-7-17-9/h3,5-6,9,17H,1-2,4,7-8H2. The first-order valence-corrected chi connectivity index (χ1v) is 7.12. The van der Waals surface area contributed by atoms with E-state index < -0.39 is 5.82 Å². The molecule has 4 nitrogen and oxygen atoms in total. The number of fused-ring (bicyclic) bond motifs is 1. The predicted molar refractivity (Wildman–Crippen MR) is 76.6 cm³/mol. The predicted octanol–water partition coefficient (Wildman–Crippen LogP) is 2.33. The number of halogens is 2. The van der Waals surface area contributed by atoms with Crippen molar-refractivity contribution in [2.24, 2.45) is 0 Å². The van der Waals surface area contributed by atoms with Crippen LogP contribution in [0.4, 0.5) is 4.39 Å². The van der Waals surface area contributed by atoms with E-state index in [2.05, 4.69) is 10.3 Å². The van der Waals surface area contributed by atoms with Crippen molar-refractivity contribution in [1.82, 2.24) is 14.9 Å². The minimum Gasteiger partial charge on any atom is -0.312 e. The van der Waals surface area contributed by atoms with Gasteiger partial charge in [-0.2, -0.15) is 0 Å². The van der Waals surface area contributed by atoms with Crippen LogP contribution < -0.4 is 10.9 Å². The number of hydrogen-bond donors (Lipinski definition) is 1. The Kier molecular flexibility index (Phi) is 3.72. The van der Waals surface area contributed by atoms with Gasteiger partial charge in [-0.15, -0.1) is 0 Å². The van der Waals surface area contributed by atoms with Crippen LogP contribution in [0.1, 0.15) is 19.3 Å². The normalized spacial score (nSPS) is 19.4. The van der Waals surface area contributed by atoms with Crippen LogP contribution in [-0.2, 0) is 6.54 Å². The highest BCUT2D eigenvalue weighted by atomic mass is 35.5. The second-order valence-corrected chi connectivity index (χ2v) is 5.42. The van der Waals surface area contributed by atoms with Gasteiger partial charge in [0.1, 0.15) is 11.3 Å². The molecule has 0 saturated carbocycles. The van der Waals surface area contributed by atoms with Crippen molar-refractivity contribution in [3.63, 3.8) is 0 Å². The first-order chi connectivity index (χ1) is 9.66. The molecule has 1 aromatic heterocycles. The highest BCUT2D eigenvalue weighted by molar-refractivity contribution is 6.28. The van der Waals surface area contributed by atoms with E-state index in [1.54, 1.807) is 6.07 Å². The van der Waals surface area contributed by atoms with Crippen molar-refractivity contribution < 1.29 is 4.39 Å². The van der Waals surface area contributed by atoms with Crippen molar-refractivity contribution in [2.45, 2.75) is 31.8 Å². The third-order valence-corrected chi connectivity index (χ3v) is 3.99. The highest BCUT2D eigenvalue weighted by Gasteiger charge is 2.17. The number of aromatic nitrogens is 2. The molecule has 1 aliphatic rings. The molecule has 1 saturated heterocycles. The Morgan fingerprint density at radius 2 is 2.30 bits per heavy atom. The van der Waals surface area contributed by atoms with Crippen LogP contribution in [-0.4, -0.2) is 22.1 Å². The van der Waals surface area contributed by atoms with Crippen LogP contribution in [0.15, 0.2) is 23.0 Å². The second-order valence-electron chi connectivity index (χ2n) is 5.08. The summed E-state index contributed by atoms with van der Waals surface area (Å²) in [7, 11) is 0. The molecule has 1 atom stereocenters. The van der Waals surface area contributed by atoms with Gasteiger partial charge in [0.25, 0.3) is 5.56 Å². The molecular formula is C14H15ClFN3O. The van der Waals surface area contributed by atoms with Crippen LogP contribution in [0, 0.1) is 5.82 Å². The minimum absolute atomic E-state index is 0.0374. The monoisotopic (exact) mass is 295 g/mol. The van der Waals surface area contributed by atoms with E-state index in [4.69, 9.17) is 11.6 Å². The highest BCUT2D eigenvalue weighted by Crippen LogP contribution is 2.16. The van der Waals surface area contributed by atoms with Crippen molar-refractivity contribution in [1.29, 1.82) is 0 Å². The molecule has 0 spiro atoms. The molecule has 0 bridgehead atoms. The van der Waals surface area contributed by atoms with Gasteiger partial charge in [0, 0.05) is 12.6 Å². The zero-order chi connectivity index (χ0) is 14.1. The number of hydrogen-bond acceptors (Lipinski definition) is 3. The topological polar surface area (TPSA) is 46.9 Å². The molecule has 0 amide bonds. The molecule has 1 unspecified atom stereocenters. The quantitative estimate of drug-likeness (QED) is 0.865. The lowest BCUT2D eigenvalue weighted by Gasteiger charge is -2.24. The van der Waals surface area contributed by atoms with Gasteiger partial charge in [-0.25, -0.2) is 9.37 Å². The minimum atomic E-state index is -0.524. The molecule has 2 heterocycles. The summed E-state index contributed by atoms with van der Waals surface area (Å²) in [6.45, 7) is 1.42. The van der Waals surface area contributed by atoms with Crippen molar-refractivity contribution in [3.05, 3.63) is 39.7 Å². The zero-order valence-corrected chi connectivity index (χ0v) is 11.7.